The average molecular weight is 337 g/mol. The zero-order chi connectivity index (χ0) is 17.1. The van der Waals surface area contributed by atoms with Gasteiger partial charge in [-0.25, -0.2) is 19.2 Å². The van der Waals surface area contributed by atoms with Gasteiger partial charge in [-0.2, -0.15) is 0 Å². The first kappa shape index (κ1) is 16.7. The zero-order valence-electron chi connectivity index (χ0n) is 12.3. The number of nitrogens with zero attached hydrogens (tertiary/aromatic N) is 2. The molecule has 0 aliphatic heterocycles. The van der Waals surface area contributed by atoms with Crippen LogP contribution in [0.25, 0.3) is 17.5 Å². The maximum atomic E-state index is 14.3. The van der Waals surface area contributed by atoms with Crippen LogP contribution in [0.4, 0.5) is 15.9 Å². The molecule has 0 atom stereocenters. The number of anilines is 2. The molecule has 8 heteroatoms. The van der Waals surface area contributed by atoms with Crippen LogP contribution in [-0.4, -0.2) is 22.5 Å². The predicted molar refractivity (Wildman–Crippen MR) is 87.3 cm³/mol. The van der Waals surface area contributed by atoms with Crippen LogP contribution in [-0.2, 0) is 4.74 Å². The topological polar surface area (TPSA) is 104 Å². The number of nitrogens with two attached hydrogens (primary N) is 2. The van der Waals surface area contributed by atoms with Crippen molar-refractivity contribution in [3.05, 3.63) is 40.8 Å². The van der Waals surface area contributed by atoms with Gasteiger partial charge in [0.05, 0.1) is 22.9 Å². The molecule has 1 aromatic carbocycles. The number of hydrogen-bond donors (Lipinski definition) is 2. The van der Waals surface area contributed by atoms with Crippen LogP contribution in [0.15, 0.2) is 18.7 Å². The van der Waals surface area contributed by atoms with Crippen molar-refractivity contribution in [3.8, 4) is 11.4 Å². The standard InChI is InChI=1S/C15H14ClFN4O2/c1-3-7-12(15(22)23-4-2)20-14(21-13(7)19)8-5-6-9(16)11(18)10(8)17/h3,5-6H,1,4,18H2,2H3,(H2,19,20,21). The molecule has 6 nitrogen and oxygen atoms in total. The van der Waals surface area contributed by atoms with Crippen LogP contribution in [0.5, 0.6) is 0 Å². The molecule has 1 aromatic heterocycles. The average Bonchev–Trinajstić information content (AvgIpc) is 2.52. The second-order valence-corrected chi connectivity index (χ2v) is 4.85. The van der Waals surface area contributed by atoms with Crippen LogP contribution in [0, 0.1) is 5.82 Å². The van der Waals surface area contributed by atoms with E-state index in [9.17, 15) is 9.18 Å². The number of ether oxygens (including phenoxy) is 1. The molecule has 0 unspecified atom stereocenters. The summed E-state index contributed by atoms with van der Waals surface area (Å²) < 4.78 is 19.2. The van der Waals surface area contributed by atoms with E-state index in [1.165, 1.54) is 18.2 Å². The van der Waals surface area contributed by atoms with Gasteiger partial charge in [-0.3, -0.25) is 0 Å². The highest BCUT2D eigenvalue weighted by molar-refractivity contribution is 6.33. The Labute approximate surface area is 136 Å². The summed E-state index contributed by atoms with van der Waals surface area (Å²) in [6, 6.07) is 2.76. The first-order valence-electron chi connectivity index (χ1n) is 6.61. The number of aromatic nitrogens is 2. The Hall–Kier alpha value is -2.67. The number of carbonyl (C=O) groups is 1. The van der Waals surface area contributed by atoms with E-state index in [4.69, 9.17) is 27.8 Å². The maximum absolute atomic E-state index is 14.3. The Balaban J connectivity index is 2.68. The number of nitrogen functional groups attached to an aromatic ring is 2. The highest BCUT2D eigenvalue weighted by atomic mass is 35.5. The number of esters is 1. The highest BCUT2D eigenvalue weighted by Crippen LogP contribution is 2.31. The quantitative estimate of drug-likeness (QED) is 0.657. The normalized spacial score (nSPS) is 10.4. The Kier molecular flexibility index (Phi) is 4.80. The second-order valence-electron chi connectivity index (χ2n) is 4.44. The monoisotopic (exact) mass is 336 g/mol. The van der Waals surface area contributed by atoms with Crippen LogP contribution in [0.3, 0.4) is 0 Å². The molecule has 2 rings (SSSR count). The molecule has 23 heavy (non-hydrogen) atoms. The van der Waals surface area contributed by atoms with E-state index >= 15 is 0 Å². The van der Waals surface area contributed by atoms with Gasteiger partial charge in [0.1, 0.15) is 5.82 Å². The molecule has 2 aromatic rings. The number of hydrogen-bond acceptors (Lipinski definition) is 6. The zero-order valence-corrected chi connectivity index (χ0v) is 13.0. The number of benzene rings is 1. The Morgan fingerprint density at radius 1 is 1.43 bits per heavy atom. The summed E-state index contributed by atoms with van der Waals surface area (Å²) in [7, 11) is 0. The van der Waals surface area contributed by atoms with Crippen molar-refractivity contribution < 1.29 is 13.9 Å². The fraction of sp³-hybridized carbons (Fsp3) is 0.133. The third-order valence-corrected chi connectivity index (χ3v) is 3.35. The van der Waals surface area contributed by atoms with Crippen molar-refractivity contribution in [3.63, 3.8) is 0 Å². The van der Waals surface area contributed by atoms with Gasteiger partial charge < -0.3 is 16.2 Å². The summed E-state index contributed by atoms with van der Waals surface area (Å²) in [5, 5.41) is 0.0625. The maximum Gasteiger partial charge on any atom is 0.357 e. The minimum atomic E-state index is -0.793. The summed E-state index contributed by atoms with van der Waals surface area (Å²) >= 11 is 5.76. The molecule has 0 radical (unpaired) electrons. The molecule has 0 aliphatic rings. The number of carbonyl (C=O) groups excluding carboxylic acids is 1. The van der Waals surface area contributed by atoms with Crippen molar-refractivity contribution in [1.29, 1.82) is 0 Å². The lowest BCUT2D eigenvalue weighted by Crippen LogP contribution is -2.13. The Morgan fingerprint density at radius 3 is 2.74 bits per heavy atom. The van der Waals surface area contributed by atoms with Crippen molar-refractivity contribution in [2.75, 3.05) is 18.1 Å². The van der Waals surface area contributed by atoms with Crippen LogP contribution in [0.1, 0.15) is 23.0 Å². The molecular formula is C15H14ClFN4O2. The van der Waals surface area contributed by atoms with E-state index in [1.54, 1.807) is 6.92 Å². The smallest absolute Gasteiger partial charge is 0.357 e. The molecule has 0 aliphatic carbocycles. The van der Waals surface area contributed by atoms with Crippen LogP contribution in [0.2, 0.25) is 5.02 Å². The van der Waals surface area contributed by atoms with Gasteiger partial charge in [0.2, 0.25) is 0 Å². The van der Waals surface area contributed by atoms with E-state index in [0.29, 0.717) is 0 Å². The van der Waals surface area contributed by atoms with Crippen LogP contribution >= 0.6 is 11.6 Å². The minimum absolute atomic E-state index is 0.0269. The summed E-state index contributed by atoms with van der Waals surface area (Å²) in [5.74, 6) is -1.63. The van der Waals surface area contributed by atoms with Gasteiger partial charge in [0, 0.05) is 5.56 Å². The third-order valence-electron chi connectivity index (χ3n) is 3.02. The molecule has 0 saturated carbocycles. The summed E-state index contributed by atoms with van der Waals surface area (Å²) in [4.78, 5) is 20.1. The summed E-state index contributed by atoms with van der Waals surface area (Å²) in [6.45, 7) is 5.36. The molecule has 0 bridgehead atoms. The van der Waals surface area contributed by atoms with E-state index < -0.39 is 11.8 Å². The van der Waals surface area contributed by atoms with Gasteiger partial charge in [0.15, 0.2) is 17.3 Å². The molecule has 0 saturated heterocycles. The molecule has 4 N–H and O–H groups in total. The molecule has 0 spiro atoms. The Morgan fingerprint density at radius 2 is 2.13 bits per heavy atom. The SMILES string of the molecule is C=Cc1c(N)nc(-c2ccc(Cl)c(N)c2F)nc1C(=O)OCC. The predicted octanol–water partition coefficient (Wildman–Crippen LogP) is 2.92. The van der Waals surface area contributed by atoms with E-state index in [1.807, 2.05) is 0 Å². The Bertz CT molecular complexity index is 796. The van der Waals surface area contributed by atoms with Crippen molar-refractivity contribution in [2.45, 2.75) is 6.92 Å². The van der Waals surface area contributed by atoms with E-state index in [0.717, 1.165) is 0 Å². The van der Waals surface area contributed by atoms with E-state index in [-0.39, 0.29) is 45.8 Å². The first-order valence-corrected chi connectivity index (χ1v) is 6.99. The fourth-order valence-corrected chi connectivity index (χ4v) is 2.05. The number of rotatable bonds is 4. The van der Waals surface area contributed by atoms with Gasteiger partial charge >= 0.3 is 5.97 Å². The highest BCUT2D eigenvalue weighted by Gasteiger charge is 2.21. The lowest BCUT2D eigenvalue weighted by molar-refractivity contribution is 0.0519. The molecule has 0 fully saturated rings. The fourth-order valence-electron chi connectivity index (χ4n) is 1.91. The van der Waals surface area contributed by atoms with Gasteiger partial charge in [-0.15, -0.1) is 0 Å². The molecular weight excluding hydrogens is 323 g/mol. The van der Waals surface area contributed by atoms with Crippen LogP contribution < -0.4 is 11.5 Å². The number of halogens is 2. The van der Waals surface area contributed by atoms with Crippen molar-refractivity contribution in [1.82, 2.24) is 9.97 Å². The molecule has 1 heterocycles. The lowest BCUT2D eigenvalue weighted by atomic mass is 10.1. The molecule has 120 valence electrons. The third kappa shape index (κ3) is 3.09. The largest absolute Gasteiger partial charge is 0.461 e. The minimum Gasteiger partial charge on any atom is -0.461 e. The second kappa shape index (κ2) is 6.62. The van der Waals surface area contributed by atoms with Crippen molar-refractivity contribution in [2.24, 2.45) is 0 Å². The van der Waals surface area contributed by atoms with Gasteiger partial charge in [-0.1, -0.05) is 24.3 Å². The summed E-state index contributed by atoms with van der Waals surface area (Å²) in [6.07, 6.45) is 1.33. The lowest BCUT2D eigenvalue weighted by Gasteiger charge is -2.11. The van der Waals surface area contributed by atoms with Gasteiger partial charge in [0.25, 0.3) is 0 Å². The first-order chi connectivity index (χ1) is 10.9. The summed E-state index contributed by atoms with van der Waals surface area (Å²) in [5.41, 5.74) is 11.2. The molecule has 0 amide bonds. The van der Waals surface area contributed by atoms with Crippen molar-refractivity contribution >= 4 is 35.2 Å². The van der Waals surface area contributed by atoms with E-state index in [2.05, 4.69) is 16.5 Å². The van der Waals surface area contributed by atoms with Gasteiger partial charge in [-0.05, 0) is 19.1 Å².